The smallest absolute Gasteiger partial charge is 0.254 e. The number of carbonyl (C=O) groups excluding carboxylic acids is 2. The Morgan fingerprint density at radius 2 is 1.81 bits per heavy atom. The Hall–Kier alpha value is -2.90. The lowest BCUT2D eigenvalue weighted by molar-refractivity contribution is -0.135. The van der Waals surface area contributed by atoms with Crippen molar-refractivity contribution in [3.05, 3.63) is 105 Å². The van der Waals surface area contributed by atoms with E-state index in [4.69, 9.17) is 28.0 Å². The van der Waals surface area contributed by atoms with Gasteiger partial charge in [-0.1, -0.05) is 77.8 Å². The van der Waals surface area contributed by atoms with Crippen LogP contribution in [0.15, 0.2) is 72.8 Å². The van der Waals surface area contributed by atoms with Gasteiger partial charge in [-0.15, -0.1) is 0 Å². The summed E-state index contributed by atoms with van der Waals surface area (Å²) in [6.07, 6.45) is 0.952. The minimum absolute atomic E-state index is 0.0116. The summed E-state index contributed by atoms with van der Waals surface area (Å²) >= 11 is 12.9. The molecule has 186 valence electrons. The Bertz CT molecular complexity index is 1250. The molecular weight excluding hydrogens is 497 g/mol. The molecule has 0 bridgehead atoms. The number of fused-ring (bicyclic) bond motifs is 1. The fourth-order valence-electron chi connectivity index (χ4n) is 5.26. The van der Waals surface area contributed by atoms with E-state index in [9.17, 15) is 9.59 Å². The first-order chi connectivity index (χ1) is 17.5. The first-order valence-corrected chi connectivity index (χ1v) is 12.8. The zero-order valence-electron chi connectivity index (χ0n) is 19.6. The molecule has 2 aliphatic heterocycles. The molecular formula is C28H27Cl2N3O3. The number of hydroxylamine groups is 1. The summed E-state index contributed by atoms with van der Waals surface area (Å²) in [5.74, 6) is -0.634. The third kappa shape index (κ3) is 5.13. The number of rotatable bonds is 7. The van der Waals surface area contributed by atoms with E-state index in [1.165, 1.54) is 0 Å². The lowest BCUT2D eigenvalue weighted by atomic mass is 9.77. The third-order valence-corrected chi connectivity index (χ3v) is 7.45. The Labute approximate surface area is 220 Å². The Morgan fingerprint density at radius 1 is 1.03 bits per heavy atom. The van der Waals surface area contributed by atoms with E-state index in [1.54, 1.807) is 12.1 Å². The van der Waals surface area contributed by atoms with Gasteiger partial charge >= 0.3 is 0 Å². The van der Waals surface area contributed by atoms with Crippen LogP contribution in [0.4, 0.5) is 0 Å². The highest BCUT2D eigenvalue weighted by atomic mass is 35.5. The highest BCUT2D eigenvalue weighted by molar-refractivity contribution is 6.35. The van der Waals surface area contributed by atoms with E-state index in [0.717, 1.165) is 29.7 Å². The molecule has 0 aromatic heterocycles. The van der Waals surface area contributed by atoms with Crippen LogP contribution in [0.2, 0.25) is 10.0 Å². The van der Waals surface area contributed by atoms with Crippen molar-refractivity contribution in [1.82, 2.24) is 15.7 Å². The molecule has 3 atom stereocenters. The van der Waals surface area contributed by atoms with Crippen LogP contribution in [0.1, 0.15) is 51.8 Å². The zero-order chi connectivity index (χ0) is 25.1. The summed E-state index contributed by atoms with van der Waals surface area (Å²) in [5.41, 5.74) is 5.78. The first-order valence-electron chi connectivity index (χ1n) is 12.0. The maximum absolute atomic E-state index is 13.8. The fraction of sp³-hybridized carbons (Fsp3) is 0.286. The molecule has 6 nitrogen and oxygen atoms in total. The van der Waals surface area contributed by atoms with Crippen molar-refractivity contribution in [2.45, 2.75) is 37.5 Å². The number of nitrogens with zero attached hydrogens (tertiary/aromatic N) is 1. The quantitative estimate of drug-likeness (QED) is 0.413. The molecule has 2 N–H and O–H groups in total. The molecule has 0 spiro atoms. The predicted octanol–water partition coefficient (Wildman–Crippen LogP) is 5.27. The molecule has 2 amide bonds. The van der Waals surface area contributed by atoms with Crippen LogP contribution in [0.25, 0.3) is 0 Å². The van der Waals surface area contributed by atoms with Gasteiger partial charge in [0.1, 0.15) is 0 Å². The minimum atomic E-state index is -0.429. The van der Waals surface area contributed by atoms with E-state index >= 15 is 0 Å². The molecule has 0 radical (unpaired) electrons. The van der Waals surface area contributed by atoms with E-state index in [2.05, 4.69) is 10.8 Å². The zero-order valence-corrected chi connectivity index (χ0v) is 21.1. The fourth-order valence-corrected chi connectivity index (χ4v) is 5.78. The molecule has 2 heterocycles. The van der Waals surface area contributed by atoms with E-state index in [0.29, 0.717) is 22.2 Å². The third-order valence-electron chi connectivity index (χ3n) is 6.89. The van der Waals surface area contributed by atoms with Crippen molar-refractivity contribution in [3.63, 3.8) is 0 Å². The van der Waals surface area contributed by atoms with Crippen LogP contribution in [0.3, 0.4) is 0 Å². The molecule has 36 heavy (non-hydrogen) atoms. The molecule has 1 fully saturated rings. The molecule has 3 aromatic rings. The van der Waals surface area contributed by atoms with Crippen molar-refractivity contribution in [2.24, 2.45) is 0 Å². The summed E-state index contributed by atoms with van der Waals surface area (Å²) in [7, 11) is 0. The van der Waals surface area contributed by atoms with Gasteiger partial charge in [0.2, 0.25) is 5.91 Å². The first kappa shape index (κ1) is 24.8. The monoisotopic (exact) mass is 523 g/mol. The Morgan fingerprint density at radius 3 is 2.56 bits per heavy atom. The Balaban J connectivity index is 1.48. The molecule has 3 aromatic carbocycles. The van der Waals surface area contributed by atoms with E-state index in [1.807, 2.05) is 65.6 Å². The van der Waals surface area contributed by atoms with Crippen LogP contribution in [0, 0.1) is 0 Å². The molecule has 2 aliphatic rings. The molecule has 0 unspecified atom stereocenters. The van der Waals surface area contributed by atoms with E-state index in [-0.39, 0.29) is 36.8 Å². The minimum Gasteiger partial charge on any atom is -0.327 e. The average molecular weight is 524 g/mol. The number of hydrogen-bond acceptors (Lipinski definition) is 4. The van der Waals surface area contributed by atoms with Gasteiger partial charge in [-0.05, 0) is 47.9 Å². The highest BCUT2D eigenvalue weighted by Gasteiger charge is 2.45. The number of carbonyl (C=O) groups is 2. The van der Waals surface area contributed by atoms with Crippen LogP contribution in [0.5, 0.6) is 0 Å². The van der Waals surface area contributed by atoms with Crippen LogP contribution >= 0.6 is 23.2 Å². The summed E-state index contributed by atoms with van der Waals surface area (Å²) < 4.78 is 0. The molecule has 5 rings (SSSR count). The van der Waals surface area contributed by atoms with Gasteiger partial charge in [0.15, 0.2) is 0 Å². The van der Waals surface area contributed by atoms with Crippen molar-refractivity contribution >= 4 is 35.0 Å². The number of amides is 2. The average Bonchev–Trinajstić information content (AvgIpc) is 3.41. The second-order valence-electron chi connectivity index (χ2n) is 9.17. The van der Waals surface area contributed by atoms with Crippen molar-refractivity contribution in [1.29, 1.82) is 0 Å². The number of halogens is 2. The molecule has 1 saturated heterocycles. The van der Waals surface area contributed by atoms with Gasteiger partial charge in [0.05, 0.1) is 12.6 Å². The van der Waals surface area contributed by atoms with Crippen molar-refractivity contribution in [3.8, 4) is 0 Å². The summed E-state index contributed by atoms with van der Waals surface area (Å²) in [6.45, 7) is 1.78. The molecule has 8 heteroatoms. The number of nitrogens with one attached hydrogen (secondary N) is 2. The van der Waals surface area contributed by atoms with Crippen molar-refractivity contribution in [2.75, 3.05) is 13.1 Å². The molecule has 0 saturated carbocycles. The van der Waals surface area contributed by atoms with Gasteiger partial charge in [0, 0.05) is 40.5 Å². The SMILES string of the molecule is O=C(C[C@@H]1c2ccccc2C(=O)N([C@@H]2CCNC2)[C@H]1c1ccc(Cl)cc1Cl)NOCc1ccccc1. The number of benzene rings is 3. The highest BCUT2D eigenvalue weighted by Crippen LogP contribution is 2.48. The van der Waals surface area contributed by atoms with Gasteiger partial charge in [0.25, 0.3) is 5.91 Å². The standard InChI is InChI=1S/C28H27Cl2N3O3/c29-19-10-11-23(25(30)14-19)27-24(15-26(34)32-36-17-18-6-2-1-3-7-18)21-8-4-5-9-22(21)28(35)33(27)20-12-13-31-16-20/h1-11,14,20,24,27,31H,12-13,15-17H2,(H,32,34)/t20-,24-,27+/m1/s1. The van der Waals surface area contributed by atoms with Crippen molar-refractivity contribution < 1.29 is 14.4 Å². The second-order valence-corrected chi connectivity index (χ2v) is 10.0. The summed E-state index contributed by atoms with van der Waals surface area (Å²) in [6, 6.07) is 22.0. The van der Waals surface area contributed by atoms with Crippen LogP contribution < -0.4 is 10.8 Å². The maximum Gasteiger partial charge on any atom is 0.254 e. The van der Waals surface area contributed by atoms with Crippen LogP contribution in [-0.4, -0.2) is 35.8 Å². The Kier molecular flexibility index (Phi) is 7.58. The summed E-state index contributed by atoms with van der Waals surface area (Å²) in [4.78, 5) is 34.4. The van der Waals surface area contributed by atoms with Crippen LogP contribution in [-0.2, 0) is 16.2 Å². The number of hydrogen-bond donors (Lipinski definition) is 2. The van der Waals surface area contributed by atoms with Gasteiger partial charge in [-0.3, -0.25) is 14.4 Å². The second kappa shape index (κ2) is 11.0. The predicted molar refractivity (Wildman–Crippen MR) is 140 cm³/mol. The lowest BCUT2D eigenvalue weighted by Gasteiger charge is -2.45. The van der Waals surface area contributed by atoms with Gasteiger partial charge < -0.3 is 10.2 Å². The van der Waals surface area contributed by atoms with E-state index < -0.39 is 6.04 Å². The lowest BCUT2D eigenvalue weighted by Crippen LogP contribution is -2.50. The summed E-state index contributed by atoms with van der Waals surface area (Å²) in [5, 5.41) is 4.35. The van der Waals surface area contributed by atoms with Gasteiger partial charge in [-0.25, -0.2) is 5.48 Å². The van der Waals surface area contributed by atoms with Gasteiger partial charge in [-0.2, -0.15) is 0 Å². The molecule has 0 aliphatic carbocycles. The normalized spacial score (nSPS) is 21.3. The topological polar surface area (TPSA) is 70.7 Å². The maximum atomic E-state index is 13.8. The largest absolute Gasteiger partial charge is 0.327 e.